The molecule has 2 heterocycles. The first-order chi connectivity index (χ1) is 10.2. The Morgan fingerprint density at radius 1 is 1.33 bits per heavy atom. The van der Waals surface area contributed by atoms with Crippen molar-refractivity contribution in [3.05, 3.63) is 58.2 Å². The highest BCUT2D eigenvalue weighted by molar-refractivity contribution is 7.16. The number of carbonyl (C=O) groups excluding carboxylic acids is 1. The first-order valence-electron chi connectivity index (χ1n) is 6.36. The van der Waals surface area contributed by atoms with Crippen LogP contribution in [-0.4, -0.2) is 27.0 Å². The molecule has 0 unspecified atom stereocenters. The van der Waals surface area contributed by atoms with Gasteiger partial charge in [-0.3, -0.25) is 14.2 Å². The summed E-state index contributed by atoms with van der Waals surface area (Å²) in [4.78, 5) is 31.6. The quantitative estimate of drug-likeness (QED) is 0.787. The van der Waals surface area contributed by atoms with Gasteiger partial charge in [-0.25, -0.2) is 9.97 Å². The van der Waals surface area contributed by atoms with Gasteiger partial charge in [-0.05, 0) is 18.2 Å². The van der Waals surface area contributed by atoms with Crippen molar-refractivity contribution in [3.8, 4) is 0 Å². The summed E-state index contributed by atoms with van der Waals surface area (Å²) in [5.74, 6) is -0.165. The maximum absolute atomic E-state index is 12.1. The van der Waals surface area contributed by atoms with Crippen LogP contribution in [0.2, 0.25) is 0 Å². The summed E-state index contributed by atoms with van der Waals surface area (Å²) in [6, 6.07) is 6.78. The molecule has 0 bridgehead atoms. The molecule has 3 rings (SSSR count). The van der Waals surface area contributed by atoms with Gasteiger partial charge in [0.05, 0.1) is 22.1 Å². The highest BCUT2D eigenvalue weighted by Crippen LogP contribution is 2.18. The molecule has 0 saturated heterocycles. The fraction of sp³-hybridized carbons (Fsp3) is 0.143. The molecule has 0 fully saturated rings. The highest BCUT2D eigenvalue weighted by atomic mass is 32.1. The molecule has 1 amide bonds. The van der Waals surface area contributed by atoms with Crippen LogP contribution in [0, 0.1) is 0 Å². The lowest BCUT2D eigenvalue weighted by molar-refractivity contribution is 0.0952. The van der Waals surface area contributed by atoms with Crippen LogP contribution in [0.1, 0.15) is 10.4 Å². The van der Waals surface area contributed by atoms with E-state index in [9.17, 15) is 9.59 Å². The van der Waals surface area contributed by atoms with Gasteiger partial charge >= 0.3 is 0 Å². The third kappa shape index (κ3) is 2.97. The number of rotatable bonds is 4. The Morgan fingerprint density at radius 2 is 2.24 bits per heavy atom. The second-order valence-electron chi connectivity index (χ2n) is 4.40. The third-order valence-electron chi connectivity index (χ3n) is 3.02. The molecule has 1 aromatic carbocycles. The number of thiazole rings is 1. The van der Waals surface area contributed by atoms with Crippen LogP contribution in [0.15, 0.2) is 47.1 Å². The van der Waals surface area contributed by atoms with Gasteiger partial charge in [-0.15, -0.1) is 11.3 Å². The van der Waals surface area contributed by atoms with Crippen molar-refractivity contribution < 1.29 is 4.79 Å². The second-order valence-corrected chi connectivity index (χ2v) is 5.29. The Labute approximate surface area is 124 Å². The van der Waals surface area contributed by atoms with E-state index >= 15 is 0 Å². The molecule has 0 radical (unpaired) electrons. The molecule has 0 saturated carbocycles. The molecule has 0 atom stereocenters. The Kier molecular flexibility index (Phi) is 3.74. The first-order valence-corrected chi connectivity index (χ1v) is 7.24. The number of hydrogen-bond acceptors (Lipinski definition) is 5. The summed E-state index contributed by atoms with van der Waals surface area (Å²) < 4.78 is 2.43. The average Bonchev–Trinajstić information content (AvgIpc) is 2.96. The van der Waals surface area contributed by atoms with Crippen LogP contribution in [0.4, 0.5) is 0 Å². The fourth-order valence-electron chi connectivity index (χ4n) is 1.93. The van der Waals surface area contributed by atoms with E-state index < -0.39 is 0 Å². The van der Waals surface area contributed by atoms with E-state index in [1.165, 1.54) is 34.5 Å². The maximum Gasteiger partial charge on any atom is 0.253 e. The molecule has 2 aromatic heterocycles. The SMILES string of the molecule is O=C(NCCn1cnccc1=O)c1ccc2ncsc2c1. The van der Waals surface area contributed by atoms with Crippen molar-refractivity contribution in [3.63, 3.8) is 0 Å². The molecular weight excluding hydrogens is 288 g/mol. The third-order valence-corrected chi connectivity index (χ3v) is 3.82. The Hall–Kier alpha value is -2.54. The molecule has 0 aliphatic carbocycles. The molecule has 3 aromatic rings. The Morgan fingerprint density at radius 3 is 3.10 bits per heavy atom. The zero-order chi connectivity index (χ0) is 14.7. The van der Waals surface area contributed by atoms with Crippen molar-refractivity contribution in [2.75, 3.05) is 6.54 Å². The second kappa shape index (κ2) is 5.84. The van der Waals surface area contributed by atoms with Crippen LogP contribution < -0.4 is 10.9 Å². The summed E-state index contributed by atoms with van der Waals surface area (Å²) in [5, 5.41) is 2.79. The van der Waals surface area contributed by atoms with E-state index in [0.717, 1.165) is 10.2 Å². The van der Waals surface area contributed by atoms with E-state index in [1.807, 2.05) is 12.1 Å². The molecule has 0 aliphatic rings. The molecular formula is C14H12N4O2S. The van der Waals surface area contributed by atoms with Crippen molar-refractivity contribution in [1.29, 1.82) is 0 Å². The smallest absolute Gasteiger partial charge is 0.253 e. The van der Waals surface area contributed by atoms with Crippen LogP contribution in [0.5, 0.6) is 0 Å². The minimum atomic E-state index is -0.165. The minimum absolute atomic E-state index is 0.134. The zero-order valence-electron chi connectivity index (χ0n) is 11.0. The summed E-state index contributed by atoms with van der Waals surface area (Å²) in [6.07, 6.45) is 2.90. The van der Waals surface area contributed by atoms with Crippen molar-refractivity contribution in [2.45, 2.75) is 6.54 Å². The van der Waals surface area contributed by atoms with Crippen LogP contribution in [0.3, 0.4) is 0 Å². The zero-order valence-corrected chi connectivity index (χ0v) is 11.8. The van der Waals surface area contributed by atoms with Crippen LogP contribution in [0.25, 0.3) is 10.2 Å². The lowest BCUT2D eigenvalue weighted by Crippen LogP contribution is -2.30. The van der Waals surface area contributed by atoms with E-state index in [1.54, 1.807) is 11.6 Å². The van der Waals surface area contributed by atoms with Gasteiger partial charge < -0.3 is 5.32 Å². The monoisotopic (exact) mass is 300 g/mol. The predicted molar refractivity (Wildman–Crippen MR) is 80.5 cm³/mol. The lowest BCUT2D eigenvalue weighted by Gasteiger charge is -2.06. The summed E-state index contributed by atoms with van der Waals surface area (Å²) >= 11 is 1.50. The number of amides is 1. The normalized spacial score (nSPS) is 10.7. The number of aromatic nitrogens is 3. The molecule has 21 heavy (non-hydrogen) atoms. The maximum atomic E-state index is 12.1. The number of hydrogen-bond donors (Lipinski definition) is 1. The number of carbonyl (C=O) groups is 1. The van der Waals surface area contributed by atoms with E-state index in [2.05, 4.69) is 15.3 Å². The summed E-state index contributed by atoms with van der Waals surface area (Å²) in [6.45, 7) is 0.756. The van der Waals surface area contributed by atoms with E-state index in [4.69, 9.17) is 0 Å². The standard InChI is InChI=1S/C14H12N4O2S/c19-13-3-4-15-8-18(13)6-5-16-14(20)10-1-2-11-12(7-10)21-9-17-11/h1-4,7-9H,5-6H2,(H,16,20). The van der Waals surface area contributed by atoms with Gasteiger partial charge in [-0.2, -0.15) is 0 Å². The van der Waals surface area contributed by atoms with Crippen molar-refractivity contribution >= 4 is 27.5 Å². The molecule has 7 heteroatoms. The number of benzene rings is 1. The first kappa shape index (κ1) is 13.4. The molecule has 1 N–H and O–H groups in total. The fourth-order valence-corrected chi connectivity index (χ4v) is 2.65. The Bertz CT molecular complexity index is 840. The summed E-state index contributed by atoms with van der Waals surface area (Å²) in [7, 11) is 0. The minimum Gasteiger partial charge on any atom is -0.350 e. The van der Waals surface area contributed by atoms with Gasteiger partial charge in [0.2, 0.25) is 0 Å². The molecule has 106 valence electrons. The Balaban J connectivity index is 1.64. The average molecular weight is 300 g/mol. The van der Waals surface area contributed by atoms with E-state index in [0.29, 0.717) is 18.7 Å². The largest absolute Gasteiger partial charge is 0.350 e. The number of fused-ring (bicyclic) bond motifs is 1. The molecule has 0 spiro atoms. The topological polar surface area (TPSA) is 76.9 Å². The molecule has 6 nitrogen and oxygen atoms in total. The van der Waals surface area contributed by atoms with Gasteiger partial charge in [-0.1, -0.05) is 0 Å². The van der Waals surface area contributed by atoms with Crippen LogP contribution in [-0.2, 0) is 6.54 Å². The van der Waals surface area contributed by atoms with Gasteiger partial charge in [0.1, 0.15) is 0 Å². The molecule has 0 aliphatic heterocycles. The number of nitrogens with zero attached hydrogens (tertiary/aromatic N) is 3. The van der Waals surface area contributed by atoms with Crippen molar-refractivity contribution in [2.24, 2.45) is 0 Å². The van der Waals surface area contributed by atoms with Crippen molar-refractivity contribution in [1.82, 2.24) is 19.9 Å². The lowest BCUT2D eigenvalue weighted by atomic mass is 10.2. The summed E-state index contributed by atoms with van der Waals surface area (Å²) in [5.41, 5.74) is 3.09. The van der Waals surface area contributed by atoms with Crippen LogP contribution >= 0.6 is 11.3 Å². The van der Waals surface area contributed by atoms with Gasteiger partial charge in [0.15, 0.2) is 0 Å². The van der Waals surface area contributed by atoms with Gasteiger partial charge in [0, 0.05) is 30.9 Å². The predicted octanol–water partition coefficient (Wildman–Crippen LogP) is 1.28. The van der Waals surface area contributed by atoms with E-state index in [-0.39, 0.29) is 11.5 Å². The highest BCUT2D eigenvalue weighted by Gasteiger charge is 2.07. The number of nitrogens with one attached hydrogen (secondary N) is 1. The van der Waals surface area contributed by atoms with Gasteiger partial charge in [0.25, 0.3) is 11.5 Å².